The molecule has 1 aromatic rings. The summed E-state index contributed by atoms with van der Waals surface area (Å²) >= 11 is 2.56. The Morgan fingerprint density at radius 1 is 1.33 bits per heavy atom. The maximum absolute atomic E-state index is 12.7. The average molecular weight is 244 g/mol. The van der Waals surface area contributed by atoms with Crippen molar-refractivity contribution in [2.75, 3.05) is 0 Å². The van der Waals surface area contributed by atoms with Gasteiger partial charge in [-0.05, 0) is 15.9 Å². The molecule has 0 aliphatic rings. The van der Waals surface area contributed by atoms with Crippen molar-refractivity contribution in [2.24, 2.45) is 0 Å². The molecule has 6 heteroatoms. The van der Waals surface area contributed by atoms with E-state index in [0.29, 0.717) is 6.20 Å². The first-order valence-corrected chi connectivity index (χ1v) is 3.61. The Labute approximate surface area is 73.5 Å². The van der Waals surface area contributed by atoms with E-state index < -0.39 is 28.2 Å². The van der Waals surface area contributed by atoms with E-state index in [1.807, 2.05) is 0 Å². The van der Waals surface area contributed by atoms with Crippen LogP contribution in [0.2, 0.25) is 0 Å². The van der Waals surface area contributed by atoms with E-state index in [0.717, 1.165) is 0 Å². The molecule has 1 heterocycles. The zero-order valence-corrected chi connectivity index (χ0v) is 7.08. The highest BCUT2D eigenvalue weighted by molar-refractivity contribution is 9.10. The molecule has 0 aliphatic heterocycles. The van der Waals surface area contributed by atoms with Crippen LogP contribution in [0.25, 0.3) is 0 Å². The number of nitrogens with zero attached hydrogens (tertiary/aromatic N) is 1. The lowest BCUT2D eigenvalue weighted by atomic mass is 10.2. The van der Waals surface area contributed by atoms with Crippen molar-refractivity contribution >= 4 is 15.9 Å². The quantitative estimate of drug-likeness (QED) is 0.546. The Morgan fingerprint density at radius 3 is 2.33 bits per heavy atom. The molecule has 0 aromatic carbocycles. The summed E-state index contributed by atoms with van der Waals surface area (Å²) in [7, 11) is 0. The fourth-order valence-corrected chi connectivity index (χ4v) is 0.972. The summed E-state index contributed by atoms with van der Waals surface area (Å²) < 4.78 is 48.6. The van der Waals surface area contributed by atoms with Crippen LogP contribution >= 0.6 is 15.9 Å². The third-order valence-corrected chi connectivity index (χ3v) is 1.74. The van der Waals surface area contributed by atoms with Crippen molar-refractivity contribution in [2.45, 2.75) is 6.43 Å². The Bertz CT molecular complexity index is 302. The Balaban J connectivity index is 3.33. The summed E-state index contributed by atoms with van der Waals surface area (Å²) in [5, 5.41) is 0. The van der Waals surface area contributed by atoms with Crippen molar-refractivity contribution in [3.63, 3.8) is 0 Å². The molecule has 0 fully saturated rings. The van der Waals surface area contributed by atoms with Gasteiger partial charge in [-0.2, -0.15) is 0 Å². The number of hydrogen-bond acceptors (Lipinski definition) is 1. The predicted molar refractivity (Wildman–Crippen MR) is 36.8 cm³/mol. The standard InChI is InChI=1S/C6H2BrF4N/c7-5-4(9)3(6(10)11)2(8)1-12-5/h1,6H. The summed E-state index contributed by atoms with van der Waals surface area (Å²) in [5.41, 5.74) is -1.25. The third kappa shape index (κ3) is 1.57. The van der Waals surface area contributed by atoms with Crippen LogP contribution in [0.5, 0.6) is 0 Å². The molecule has 1 aromatic heterocycles. The predicted octanol–water partition coefficient (Wildman–Crippen LogP) is 3.06. The largest absolute Gasteiger partial charge is 0.269 e. The number of rotatable bonds is 1. The van der Waals surface area contributed by atoms with Gasteiger partial charge in [0.15, 0.2) is 11.6 Å². The lowest BCUT2D eigenvalue weighted by molar-refractivity contribution is 0.140. The molecule has 0 N–H and O–H groups in total. The van der Waals surface area contributed by atoms with Gasteiger partial charge in [0.1, 0.15) is 4.60 Å². The van der Waals surface area contributed by atoms with Gasteiger partial charge in [-0.1, -0.05) is 0 Å². The molecule has 0 bridgehead atoms. The highest BCUT2D eigenvalue weighted by Gasteiger charge is 2.21. The Kier molecular flexibility index (Phi) is 2.66. The highest BCUT2D eigenvalue weighted by Crippen LogP contribution is 2.27. The molecular weight excluding hydrogens is 242 g/mol. The first-order chi connectivity index (χ1) is 5.54. The van der Waals surface area contributed by atoms with E-state index in [9.17, 15) is 17.6 Å². The zero-order chi connectivity index (χ0) is 9.30. The third-order valence-electron chi connectivity index (χ3n) is 1.18. The van der Waals surface area contributed by atoms with Gasteiger partial charge in [0.05, 0.1) is 11.8 Å². The molecule has 1 nitrogen and oxygen atoms in total. The first-order valence-electron chi connectivity index (χ1n) is 2.81. The van der Waals surface area contributed by atoms with Crippen LogP contribution in [0.4, 0.5) is 17.6 Å². The molecule has 0 aliphatic carbocycles. The molecule has 0 amide bonds. The molecule has 1 rings (SSSR count). The number of hydrogen-bond donors (Lipinski definition) is 0. The summed E-state index contributed by atoms with van der Waals surface area (Å²) in [6.45, 7) is 0. The zero-order valence-electron chi connectivity index (χ0n) is 5.49. The molecule has 0 saturated carbocycles. The van der Waals surface area contributed by atoms with Crippen LogP contribution in [0, 0.1) is 11.6 Å². The topological polar surface area (TPSA) is 12.9 Å². The minimum absolute atomic E-state index is 0.417. The Morgan fingerprint density at radius 2 is 1.92 bits per heavy atom. The fraction of sp³-hybridized carbons (Fsp3) is 0.167. The summed E-state index contributed by atoms with van der Waals surface area (Å²) in [4.78, 5) is 3.15. The highest BCUT2D eigenvalue weighted by atomic mass is 79.9. The normalized spacial score (nSPS) is 10.8. The van der Waals surface area contributed by atoms with Crippen LogP contribution in [0.15, 0.2) is 10.8 Å². The van der Waals surface area contributed by atoms with Crippen molar-refractivity contribution in [1.29, 1.82) is 0 Å². The molecular formula is C6H2BrF4N. The minimum Gasteiger partial charge on any atom is -0.243 e. The smallest absolute Gasteiger partial charge is 0.243 e. The first kappa shape index (κ1) is 9.44. The molecule has 0 unspecified atom stereocenters. The van der Waals surface area contributed by atoms with Gasteiger partial charge >= 0.3 is 0 Å². The van der Waals surface area contributed by atoms with E-state index in [4.69, 9.17) is 0 Å². The van der Waals surface area contributed by atoms with Crippen molar-refractivity contribution in [1.82, 2.24) is 4.98 Å². The van der Waals surface area contributed by atoms with Gasteiger partial charge in [-0.3, -0.25) is 0 Å². The van der Waals surface area contributed by atoms with Crippen LogP contribution in [0.3, 0.4) is 0 Å². The molecule has 66 valence electrons. The lowest BCUT2D eigenvalue weighted by Gasteiger charge is -2.03. The van der Waals surface area contributed by atoms with Crippen LogP contribution in [-0.4, -0.2) is 4.98 Å². The summed E-state index contributed by atoms with van der Waals surface area (Å²) in [6, 6.07) is 0. The van der Waals surface area contributed by atoms with Gasteiger partial charge < -0.3 is 0 Å². The minimum atomic E-state index is -3.18. The van der Waals surface area contributed by atoms with Gasteiger partial charge in [-0.25, -0.2) is 22.5 Å². The van der Waals surface area contributed by atoms with E-state index in [2.05, 4.69) is 20.9 Å². The Hall–Kier alpha value is -0.650. The van der Waals surface area contributed by atoms with E-state index in [-0.39, 0.29) is 0 Å². The number of alkyl halides is 2. The monoisotopic (exact) mass is 243 g/mol. The number of halogens is 5. The van der Waals surface area contributed by atoms with Gasteiger partial charge in [-0.15, -0.1) is 0 Å². The second-order valence-electron chi connectivity index (χ2n) is 1.93. The fourth-order valence-electron chi connectivity index (χ4n) is 0.656. The molecule has 0 atom stereocenters. The average Bonchev–Trinajstić information content (AvgIpc) is 1.97. The van der Waals surface area contributed by atoms with Crippen molar-refractivity contribution in [3.05, 3.63) is 28.0 Å². The van der Waals surface area contributed by atoms with Gasteiger partial charge in [0.25, 0.3) is 6.43 Å². The lowest BCUT2D eigenvalue weighted by Crippen LogP contribution is -1.98. The molecule has 0 spiro atoms. The maximum atomic E-state index is 12.7. The van der Waals surface area contributed by atoms with Crippen molar-refractivity contribution in [3.8, 4) is 0 Å². The second kappa shape index (κ2) is 3.38. The van der Waals surface area contributed by atoms with E-state index in [1.54, 1.807) is 0 Å². The number of pyridine rings is 1. The van der Waals surface area contributed by atoms with Crippen LogP contribution in [-0.2, 0) is 0 Å². The SMILES string of the molecule is Fc1cnc(Br)c(F)c1C(F)F. The van der Waals surface area contributed by atoms with Gasteiger partial charge in [0, 0.05) is 0 Å². The molecule has 0 saturated heterocycles. The van der Waals surface area contributed by atoms with Crippen molar-refractivity contribution < 1.29 is 17.6 Å². The van der Waals surface area contributed by atoms with Crippen LogP contribution < -0.4 is 0 Å². The summed E-state index contributed by atoms with van der Waals surface area (Å²) in [5.74, 6) is -2.70. The molecule has 12 heavy (non-hydrogen) atoms. The van der Waals surface area contributed by atoms with E-state index >= 15 is 0 Å². The summed E-state index contributed by atoms with van der Waals surface area (Å²) in [6.07, 6.45) is -2.64. The number of aromatic nitrogens is 1. The van der Waals surface area contributed by atoms with Crippen LogP contribution in [0.1, 0.15) is 12.0 Å². The second-order valence-corrected chi connectivity index (χ2v) is 2.68. The van der Waals surface area contributed by atoms with Gasteiger partial charge in [0.2, 0.25) is 0 Å². The maximum Gasteiger partial charge on any atom is 0.269 e. The van der Waals surface area contributed by atoms with E-state index in [1.165, 1.54) is 0 Å². The molecule has 0 radical (unpaired) electrons.